The smallest absolute Gasteiger partial charge is 0.330 e. The molecule has 32 heavy (non-hydrogen) atoms. The molecular weight excluding hydrogens is 408 g/mol. The Kier molecular flexibility index (Phi) is 10.2. The summed E-state index contributed by atoms with van der Waals surface area (Å²) >= 11 is 0. The Morgan fingerprint density at radius 3 is 2.62 bits per heavy atom. The molecule has 3 rings (SSSR count). The number of aliphatic hydroxyl groups is 2. The Hall–Kier alpha value is -1.21. The highest BCUT2D eigenvalue weighted by Crippen LogP contribution is 2.43. The molecule has 0 radical (unpaired) electrons. The van der Waals surface area contributed by atoms with E-state index in [1.807, 2.05) is 0 Å². The van der Waals surface area contributed by atoms with Crippen LogP contribution in [0.25, 0.3) is 0 Å². The van der Waals surface area contributed by atoms with Crippen LogP contribution in [0.15, 0.2) is 24.3 Å². The summed E-state index contributed by atoms with van der Waals surface area (Å²) in [5.41, 5.74) is 0. The Labute approximate surface area is 193 Å². The summed E-state index contributed by atoms with van der Waals surface area (Å²) in [7, 11) is 0. The van der Waals surface area contributed by atoms with Crippen molar-refractivity contribution in [2.45, 2.75) is 133 Å². The van der Waals surface area contributed by atoms with Crippen LogP contribution in [0.3, 0.4) is 0 Å². The van der Waals surface area contributed by atoms with Gasteiger partial charge in [0.15, 0.2) is 5.79 Å². The average Bonchev–Trinajstić information content (AvgIpc) is 3.07. The second-order valence-corrected chi connectivity index (χ2v) is 9.69. The minimum Gasteiger partial charge on any atom is -0.456 e. The van der Waals surface area contributed by atoms with Gasteiger partial charge in [0.25, 0.3) is 0 Å². The number of unbranched alkanes of at least 4 members (excludes halogenated alkanes) is 7. The molecule has 0 saturated carbocycles. The molecule has 0 aromatic carbocycles. The Morgan fingerprint density at radius 2 is 1.84 bits per heavy atom. The number of ether oxygens (including phenoxy) is 3. The molecule has 6 heteroatoms. The van der Waals surface area contributed by atoms with Gasteiger partial charge >= 0.3 is 5.97 Å². The van der Waals surface area contributed by atoms with Gasteiger partial charge in [-0.1, -0.05) is 57.6 Å². The number of esters is 1. The van der Waals surface area contributed by atoms with E-state index < -0.39 is 18.0 Å². The number of rotatable bonds is 13. The minimum absolute atomic E-state index is 0.254. The topological polar surface area (TPSA) is 85.2 Å². The summed E-state index contributed by atoms with van der Waals surface area (Å²) in [4.78, 5) is 11.5. The molecule has 2 fully saturated rings. The van der Waals surface area contributed by atoms with Crippen LogP contribution in [0.5, 0.6) is 0 Å². The van der Waals surface area contributed by atoms with Crippen molar-refractivity contribution < 1.29 is 29.2 Å². The van der Waals surface area contributed by atoms with Crippen LogP contribution in [0.4, 0.5) is 0 Å². The lowest BCUT2D eigenvalue weighted by Gasteiger charge is -2.40. The number of hydrogen-bond acceptors (Lipinski definition) is 6. The van der Waals surface area contributed by atoms with Gasteiger partial charge in [0.1, 0.15) is 12.2 Å². The lowest BCUT2D eigenvalue weighted by Crippen LogP contribution is -2.47. The van der Waals surface area contributed by atoms with Gasteiger partial charge < -0.3 is 24.4 Å². The monoisotopic (exact) mass is 450 g/mol. The van der Waals surface area contributed by atoms with Crippen molar-refractivity contribution in [2.24, 2.45) is 0 Å². The average molecular weight is 451 g/mol. The fourth-order valence-electron chi connectivity index (χ4n) is 5.16. The molecule has 6 atom stereocenters. The Balaban J connectivity index is 1.29. The second kappa shape index (κ2) is 12.9. The van der Waals surface area contributed by atoms with Gasteiger partial charge in [0, 0.05) is 18.9 Å². The van der Waals surface area contributed by atoms with Crippen molar-refractivity contribution in [1.82, 2.24) is 0 Å². The highest BCUT2D eigenvalue weighted by Gasteiger charge is 2.53. The van der Waals surface area contributed by atoms with Crippen LogP contribution in [0.2, 0.25) is 0 Å². The third kappa shape index (κ3) is 7.98. The van der Waals surface area contributed by atoms with Crippen LogP contribution in [0.1, 0.15) is 96.8 Å². The molecule has 0 aromatic heterocycles. The molecule has 0 amide bonds. The SMILES string of the molecule is CC/C=C\CCCCCCCCC[C@H](O)C[C@H]1C[C@H](O)C[C@@]2(C[C@@H]3OC(=O)C=C[C@@H]3O2)O1. The second-order valence-electron chi connectivity index (χ2n) is 9.69. The van der Waals surface area contributed by atoms with E-state index in [0.717, 1.165) is 25.7 Å². The summed E-state index contributed by atoms with van der Waals surface area (Å²) in [6, 6.07) is 0. The van der Waals surface area contributed by atoms with Crippen molar-refractivity contribution >= 4 is 5.97 Å². The molecule has 0 aromatic rings. The first-order valence-electron chi connectivity index (χ1n) is 12.8. The summed E-state index contributed by atoms with van der Waals surface area (Å²) in [5.74, 6) is -1.29. The van der Waals surface area contributed by atoms with Crippen LogP contribution in [-0.2, 0) is 19.0 Å². The van der Waals surface area contributed by atoms with Gasteiger partial charge in [-0.2, -0.15) is 0 Å². The zero-order chi connectivity index (χ0) is 22.8. The molecule has 3 aliphatic heterocycles. The van der Waals surface area contributed by atoms with Crippen molar-refractivity contribution in [3.63, 3.8) is 0 Å². The Morgan fingerprint density at radius 1 is 1.09 bits per heavy atom. The summed E-state index contributed by atoms with van der Waals surface area (Å²) < 4.78 is 17.7. The molecule has 0 unspecified atom stereocenters. The van der Waals surface area contributed by atoms with E-state index in [0.29, 0.717) is 25.7 Å². The number of fused-ring (bicyclic) bond motifs is 1. The first-order valence-corrected chi connectivity index (χ1v) is 12.8. The van der Waals surface area contributed by atoms with Gasteiger partial charge in [-0.3, -0.25) is 0 Å². The number of aliphatic hydroxyl groups excluding tert-OH is 2. The maximum atomic E-state index is 11.5. The van der Waals surface area contributed by atoms with Crippen molar-refractivity contribution in [2.75, 3.05) is 0 Å². The van der Waals surface area contributed by atoms with Crippen LogP contribution in [0, 0.1) is 0 Å². The molecule has 3 aliphatic rings. The van der Waals surface area contributed by atoms with Crippen molar-refractivity contribution in [1.29, 1.82) is 0 Å². The third-order valence-corrected chi connectivity index (χ3v) is 6.73. The first-order chi connectivity index (χ1) is 15.5. The van der Waals surface area contributed by atoms with Crippen LogP contribution < -0.4 is 0 Å². The van der Waals surface area contributed by atoms with Crippen LogP contribution >= 0.6 is 0 Å². The largest absolute Gasteiger partial charge is 0.456 e. The summed E-state index contributed by atoms with van der Waals surface area (Å²) in [6.07, 6.45) is 19.1. The predicted molar refractivity (Wildman–Crippen MR) is 123 cm³/mol. The maximum Gasteiger partial charge on any atom is 0.330 e. The van der Waals surface area contributed by atoms with Gasteiger partial charge in [-0.15, -0.1) is 0 Å². The van der Waals surface area contributed by atoms with E-state index in [1.54, 1.807) is 6.08 Å². The summed E-state index contributed by atoms with van der Waals surface area (Å²) in [5, 5.41) is 20.9. The molecule has 0 aliphatic carbocycles. The van der Waals surface area contributed by atoms with E-state index in [1.165, 1.54) is 44.6 Å². The molecule has 6 nitrogen and oxygen atoms in total. The van der Waals surface area contributed by atoms with E-state index in [2.05, 4.69) is 19.1 Å². The molecule has 1 spiro atoms. The first kappa shape index (κ1) is 25.4. The van der Waals surface area contributed by atoms with Gasteiger partial charge in [0.05, 0.1) is 18.3 Å². The maximum absolute atomic E-state index is 11.5. The highest BCUT2D eigenvalue weighted by molar-refractivity contribution is 5.83. The predicted octanol–water partition coefficient (Wildman–Crippen LogP) is 4.72. The highest BCUT2D eigenvalue weighted by atomic mass is 16.7. The zero-order valence-corrected chi connectivity index (χ0v) is 19.6. The third-order valence-electron chi connectivity index (χ3n) is 6.73. The number of allylic oxidation sites excluding steroid dienone is 2. The fraction of sp³-hybridized carbons (Fsp3) is 0.808. The van der Waals surface area contributed by atoms with E-state index >= 15 is 0 Å². The van der Waals surface area contributed by atoms with Crippen molar-refractivity contribution in [3.05, 3.63) is 24.3 Å². The molecule has 2 saturated heterocycles. The lowest BCUT2D eigenvalue weighted by molar-refractivity contribution is -0.285. The lowest BCUT2D eigenvalue weighted by atomic mass is 9.92. The number of carbonyl (C=O) groups excluding carboxylic acids is 1. The molecule has 0 bridgehead atoms. The van der Waals surface area contributed by atoms with Crippen molar-refractivity contribution in [3.8, 4) is 0 Å². The normalized spacial score (nSPS) is 33.0. The number of carbonyl (C=O) groups is 1. The molecular formula is C26H42O6. The zero-order valence-electron chi connectivity index (χ0n) is 19.6. The van der Waals surface area contributed by atoms with E-state index in [-0.39, 0.29) is 24.3 Å². The quantitative estimate of drug-likeness (QED) is 0.240. The number of hydrogen-bond donors (Lipinski definition) is 2. The van der Waals surface area contributed by atoms with Gasteiger partial charge in [0.2, 0.25) is 0 Å². The molecule has 2 N–H and O–H groups in total. The summed E-state index contributed by atoms with van der Waals surface area (Å²) in [6.45, 7) is 2.17. The fourth-order valence-corrected chi connectivity index (χ4v) is 5.16. The van der Waals surface area contributed by atoms with Gasteiger partial charge in [-0.05, 0) is 44.6 Å². The van der Waals surface area contributed by atoms with E-state index in [4.69, 9.17) is 14.2 Å². The van der Waals surface area contributed by atoms with E-state index in [9.17, 15) is 15.0 Å². The standard InChI is InChI=1S/C26H42O6/c1-2-3-4-5-6-7-8-9-10-11-12-13-20(27)16-22-17-21(28)18-26(31-22)19-24-23(32-26)14-15-25(29)30-24/h3-4,14-15,20-24,27-28H,2,5-13,16-19H2,1H3/b4-3-/t20-,21-,22-,23-,24-,26+/m0/s1. The molecule has 182 valence electrons. The van der Waals surface area contributed by atoms with Crippen LogP contribution in [-0.4, -0.2) is 52.5 Å². The minimum atomic E-state index is -0.932. The Bertz CT molecular complexity index is 632. The molecule has 3 heterocycles. The van der Waals surface area contributed by atoms with Gasteiger partial charge in [-0.25, -0.2) is 4.79 Å².